The Morgan fingerprint density at radius 2 is 2.19 bits per heavy atom. The van der Waals surface area contributed by atoms with E-state index in [0.29, 0.717) is 18.1 Å². The van der Waals surface area contributed by atoms with Gasteiger partial charge in [0, 0.05) is 17.9 Å². The van der Waals surface area contributed by atoms with Crippen molar-refractivity contribution >= 4 is 11.7 Å². The molecule has 0 spiro atoms. The number of rotatable bonds is 4. The Hall–Kier alpha value is -2.47. The largest absolute Gasteiger partial charge is 0.332 e. The SMILES string of the molecule is Cc1nccc(CNC(=O)Nc2cccc(C(C)N)c2)n1. The first-order valence-electron chi connectivity index (χ1n) is 6.73. The van der Waals surface area contributed by atoms with E-state index in [1.165, 1.54) is 0 Å². The van der Waals surface area contributed by atoms with Crippen molar-refractivity contribution in [3.63, 3.8) is 0 Å². The topological polar surface area (TPSA) is 92.9 Å². The predicted molar refractivity (Wildman–Crippen MR) is 81.7 cm³/mol. The fourth-order valence-corrected chi connectivity index (χ4v) is 1.85. The number of nitrogens with two attached hydrogens (primary N) is 1. The highest BCUT2D eigenvalue weighted by atomic mass is 16.2. The smallest absolute Gasteiger partial charge is 0.319 e. The minimum atomic E-state index is -0.284. The van der Waals surface area contributed by atoms with Gasteiger partial charge in [0.25, 0.3) is 0 Å². The first-order chi connectivity index (χ1) is 10.0. The molecule has 1 heterocycles. The second kappa shape index (κ2) is 6.81. The first-order valence-corrected chi connectivity index (χ1v) is 6.73. The molecule has 0 aliphatic heterocycles. The molecule has 0 saturated heterocycles. The van der Waals surface area contributed by atoms with Crippen molar-refractivity contribution in [2.24, 2.45) is 5.73 Å². The Morgan fingerprint density at radius 1 is 1.38 bits per heavy atom. The fraction of sp³-hybridized carbons (Fsp3) is 0.267. The zero-order chi connectivity index (χ0) is 15.2. The van der Waals surface area contributed by atoms with Gasteiger partial charge in [-0.1, -0.05) is 12.1 Å². The normalized spacial score (nSPS) is 11.8. The first kappa shape index (κ1) is 14.9. The molecule has 0 aliphatic rings. The van der Waals surface area contributed by atoms with Gasteiger partial charge >= 0.3 is 6.03 Å². The summed E-state index contributed by atoms with van der Waals surface area (Å²) >= 11 is 0. The van der Waals surface area contributed by atoms with Gasteiger partial charge in [0.15, 0.2) is 0 Å². The van der Waals surface area contributed by atoms with Gasteiger partial charge < -0.3 is 16.4 Å². The van der Waals surface area contributed by atoms with Crippen LogP contribution >= 0.6 is 0 Å². The number of hydrogen-bond donors (Lipinski definition) is 3. The van der Waals surface area contributed by atoms with E-state index in [1.54, 1.807) is 12.3 Å². The zero-order valence-corrected chi connectivity index (χ0v) is 12.1. The van der Waals surface area contributed by atoms with Crippen LogP contribution in [0.4, 0.5) is 10.5 Å². The van der Waals surface area contributed by atoms with E-state index in [-0.39, 0.29) is 12.1 Å². The van der Waals surface area contributed by atoms with Crippen LogP contribution in [0.2, 0.25) is 0 Å². The second-order valence-corrected chi connectivity index (χ2v) is 4.82. The van der Waals surface area contributed by atoms with Gasteiger partial charge in [0.05, 0.1) is 12.2 Å². The van der Waals surface area contributed by atoms with Gasteiger partial charge in [0.2, 0.25) is 0 Å². The van der Waals surface area contributed by atoms with E-state index in [1.807, 2.05) is 38.1 Å². The van der Waals surface area contributed by atoms with Gasteiger partial charge in [-0.15, -0.1) is 0 Å². The highest BCUT2D eigenvalue weighted by Gasteiger charge is 2.05. The summed E-state index contributed by atoms with van der Waals surface area (Å²) in [5.74, 6) is 0.680. The molecule has 2 rings (SSSR count). The molecule has 6 nitrogen and oxygen atoms in total. The average Bonchev–Trinajstić information content (AvgIpc) is 2.45. The lowest BCUT2D eigenvalue weighted by Gasteiger charge is -2.10. The number of urea groups is 1. The minimum Gasteiger partial charge on any atom is -0.332 e. The van der Waals surface area contributed by atoms with Crippen LogP contribution in [0.25, 0.3) is 0 Å². The third-order valence-corrected chi connectivity index (χ3v) is 2.93. The third-order valence-electron chi connectivity index (χ3n) is 2.93. The highest BCUT2D eigenvalue weighted by Crippen LogP contribution is 2.15. The summed E-state index contributed by atoms with van der Waals surface area (Å²) in [6.07, 6.45) is 1.67. The van der Waals surface area contributed by atoms with Crippen LogP contribution in [0.1, 0.15) is 30.0 Å². The molecule has 0 aliphatic carbocycles. The Morgan fingerprint density at radius 3 is 2.90 bits per heavy atom. The zero-order valence-electron chi connectivity index (χ0n) is 12.1. The standard InChI is InChI=1S/C15H19N5O/c1-10(16)12-4-3-5-13(8-12)20-15(21)18-9-14-6-7-17-11(2)19-14/h3-8,10H,9,16H2,1-2H3,(H2,18,20,21). The molecule has 110 valence electrons. The van der Waals surface area contributed by atoms with Crippen molar-refractivity contribution in [3.8, 4) is 0 Å². The summed E-state index contributed by atoms with van der Waals surface area (Å²) in [5.41, 5.74) is 8.27. The molecule has 2 aromatic rings. The maximum absolute atomic E-state index is 11.9. The van der Waals surface area contributed by atoms with E-state index in [4.69, 9.17) is 5.73 Å². The number of aromatic nitrogens is 2. The molecular weight excluding hydrogens is 266 g/mol. The van der Waals surface area contributed by atoms with E-state index in [0.717, 1.165) is 11.3 Å². The fourth-order valence-electron chi connectivity index (χ4n) is 1.85. The molecule has 0 bridgehead atoms. The molecule has 1 aromatic carbocycles. The summed E-state index contributed by atoms with van der Waals surface area (Å²) < 4.78 is 0. The average molecular weight is 285 g/mol. The number of aryl methyl sites for hydroxylation is 1. The number of anilines is 1. The Kier molecular flexibility index (Phi) is 4.84. The minimum absolute atomic E-state index is 0.0706. The monoisotopic (exact) mass is 285 g/mol. The molecule has 1 unspecified atom stereocenters. The van der Waals surface area contributed by atoms with Crippen LogP contribution in [0.5, 0.6) is 0 Å². The van der Waals surface area contributed by atoms with Crippen molar-refractivity contribution in [3.05, 3.63) is 53.6 Å². The molecule has 4 N–H and O–H groups in total. The lowest BCUT2D eigenvalue weighted by molar-refractivity contribution is 0.251. The van der Waals surface area contributed by atoms with Crippen LogP contribution in [-0.2, 0) is 6.54 Å². The van der Waals surface area contributed by atoms with Crippen LogP contribution in [0.15, 0.2) is 36.5 Å². The summed E-state index contributed by atoms with van der Waals surface area (Å²) in [6.45, 7) is 4.06. The van der Waals surface area contributed by atoms with Crippen molar-refractivity contribution < 1.29 is 4.79 Å². The van der Waals surface area contributed by atoms with Crippen molar-refractivity contribution in [2.45, 2.75) is 26.4 Å². The molecule has 21 heavy (non-hydrogen) atoms. The molecular formula is C15H19N5O. The summed E-state index contributed by atoms with van der Waals surface area (Å²) in [6, 6.07) is 8.88. The second-order valence-electron chi connectivity index (χ2n) is 4.82. The van der Waals surface area contributed by atoms with Gasteiger partial charge in [0.1, 0.15) is 5.82 Å². The van der Waals surface area contributed by atoms with Crippen molar-refractivity contribution in [1.82, 2.24) is 15.3 Å². The number of benzene rings is 1. The van der Waals surface area contributed by atoms with Gasteiger partial charge in [-0.2, -0.15) is 0 Å². The molecule has 0 fully saturated rings. The highest BCUT2D eigenvalue weighted by molar-refractivity contribution is 5.89. The van der Waals surface area contributed by atoms with Crippen LogP contribution in [-0.4, -0.2) is 16.0 Å². The third kappa shape index (κ3) is 4.54. The van der Waals surface area contributed by atoms with Crippen LogP contribution < -0.4 is 16.4 Å². The van der Waals surface area contributed by atoms with E-state index in [2.05, 4.69) is 20.6 Å². The number of amides is 2. The number of carbonyl (C=O) groups is 1. The predicted octanol–water partition coefficient (Wildman–Crippen LogP) is 2.13. The summed E-state index contributed by atoms with van der Waals surface area (Å²) in [4.78, 5) is 20.1. The molecule has 0 saturated carbocycles. The lowest BCUT2D eigenvalue weighted by atomic mass is 10.1. The van der Waals surface area contributed by atoms with E-state index >= 15 is 0 Å². The number of nitrogens with zero attached hydrogens (tertiary/aromatic N) is 2. The maximum Gasteiger partial charge on any atom is 0.319 e. The number of hydrogen-bond acceptors (Lipinski definition) is 4. The van der Waals surface area contributed by atoms with E-state index < -0.39 is 0 Å². The Bertz CT molecular complexity index is 627. The van der Waals surface area contributed by atoms with Crippen molar-refractivity contribution in [1.29, 1.82) is 0 Å². The van der Waals surface area contributed by atoms with Crippen LogP contribution in [0, 0.1) is 6.92 Å². The van der Waals surface area contributed by atoms with Crippen molar-refractivity contribution in [2.75, 3.05) is 5.32 Å². The quantitative estimate of drug-likeness (QED) is 0.802. The Balaban J connectivity index is 1.91. The maximum atomic E-state index is 11.9. The van der Waals surface area contributed by atoms with Crippen LogP contribution in [0.3, 0.4) is 0 Å². The molecule has 2 amide bonds. The lowest BCUT2D eigenvalue weighted by Crippen LogP contribution is -2.28. The molecule has 0 radical (unpaired) electrons. The Labute approximate surface area is 123 Å². The van der Waals surface area contributed by atoms with Gasteiger partial charge in [-0.05, 0) is 37.6 Å². The van der Waals surface area contributed by atoms with Gasteiger partial charge in [-0.25, -0.2) is 14.8 Å². The molecule has 6 heteroatoms. The summed E-state index contributed by atoms with van der Waals surface area (Å²) in [7, 11) is 0. The molecule has 1 atom stereocenters. The summed E-state index contributed by atoms with van der Waals surface area (Å²) in [5, 5.41) is 5.52. The number of carbonyl (C=O) groups excluding carboxylic acids is 1. The van der Waals surface area contributed by atoms with E-state index in [9.17, 15) is 4.79 Å². The molecule has 1 aromatic heterocycles. The van der Waals surface area contributed by atoms with Gasteiger partial charge in [-0.3, -0.25) is 0 Å². The number of nitrogens with one attached hydrogen (secondary N) is 2.